The van der Waals surface area contributed by atoms with Crippen LogP contribution in [0.3, 0.4) is 0 Å². The van der Waals surface area contributed by atoms with Crippen molar-refractivity contribution in [2.45, 2.75) is 46.6 Å². The van der Waals surface area contributed by atoms with Gasteiger partial charge in [0.15, 0.2) is 0 Å². The Morgan fingerprint density at radius 2 is 1.88 bits per heavy atom. The van der Waals surface area contributed by atoms with Crippen LogP contribution in [0, 0.1) is 5.41 Å². The molecule has 0 aliphatic carbocycles. The van der Waals surface area contributed by atoms with Gasteiger partial charge in [-0.05, 0) is 25.7 Å². The summed E-state index contributed by atoms with van der Waals surface area (Å²) >= 11 is 0. The van der Waals surface area contributed by atoms with E-state index in [1.54, 1.807) is 18.7 Å². The number of hydrogen-bond donors (Lipinski definition) is 1. The molecule has 1 rings (SSSR count). The lowest BCUT2D eigenvalue weighted by molar-refractivity contribution is -0.147. The molecule has 0 saturated heterocycles. The normalized spacial score (nSPS) is 18.4. The third kappa shape index (κ3) is 3.08. The molecule has 16 heavy (non-hydrogen) atoms. The molecule has 0 aromatic carbocycles. The molecule has 0 radical (unpaired) electrons. The largest absolute Gasteiger partial charge is 0.381 e. The first-order valence-electron chi connectivity index (χ1n) is 5.83. The Morgan fingerprint density at radius 3 is 2.19 bits per heavy atom. The van der Waals surface area contributed by atoms with Crippen LogP contribution in [-0.4, -0.2) is 34.6 Å². The molecule has 1 heterocycles. The zero-order valence-electron chi connectivity index (χ0n) is 11.0. The number of carbonyl (C=O) groups excluding carboxylic acids is 1. The van der Waals surface area contributed by atoms with Crippen LogP contribution in [0.4, 0.5) is 0 Å². The van der Waals surface area contributed by atoms with Gasteiger partial charge in [-0.15, -0.1) is 0 Å². The van der Waals surface area contributed by atoms with Gasteiger partial charge in [-0.1, -0.05) is 32.4 Å². The van der Waals surface area contributed by atoms with Gasteiger partial charge in [0.05, 0.1) is 0 Å². The highest BCUT2D eigenvalue weighted by atomic mass is 16.3. The second-order valence-corrected chi connectivity index (χ2v) is 6.04. The zero-order valence-corrected chi connectivity index (χ0v) is 11.0. The minimum Gasteiger partial charge on any atom is -0.381 e. The van der Waals surface area contributed by atoms with Gasteiger partial charge in [0.1, 0.15) is 5.60 Å². The molecule has 92 valence electrons. The van der Waals surface area contributed by atoms with Crippen molar-refractivity contribution in [2.75, 3.05) is 13.1 Å². The fraction of sp³-hybridized carbons (Fsp3) is 0.769. The van der Waals surface area contributed by atoms with Crippen LogP contribution >= 0.6 is 0 Å². The third-order valence-corrected chi connectivity index (χ3v) is 2.98. The van der Waals surface area contributed by atoms with Crippen LogP contribution in [-0.2, 0) is 4.79 Å². The number of hydrogen-bond acceptors (Lipinski definition) is 2. The number of rotatable bonds is 1. The summed E-state index contributed by atoms with van der Waals surface area (Å²) in [4.78, 5) is 13.5. The summed E-state index contributed by atoms with van der Waals surface area (Å²) in [6.45, 7) is 11.0. The maximum Gasteiger partial charge on any atom is 0.254 e. The van der Waals surface area contributed by atoms with E-state index in [0.717, 1.165) is 6.42 Å². The predicted octanol–water partition coefficient (Wildman–Crippen LogP) is 1.96. The molecule has 0 bridgehead atoms. The lowest BCUT2D eigenvalue weighted by Crippen LogP contribution is -2.47. The summed E-state index contributed by atoms with van der Waals surface area (Å²) in [6.07, 6.45) is 3.03. The van der Waals surface area contributed by atoms with E-state index in [2.05, 4.69) is 26.8 Å². The second kappa shape index (κ2) is 4.21. The smallest absolute Gasteiger partial charge is 0.254 e. The average molecular weight is 225 g/mol. The van der Waals surface area contributed by atoms with Gasteiger partial charge in [-0.25, -0.2) is 0 Å². The van der Waals surface area contributed by atoms with E-state index in [0.29, 0.717) is 13.1 Å². The summed E-state index contributed by atoms with van der Waals surface area (Å²) in [7, 11) is 0. The molecule has 3 heteroatoms. The fourth-order valence-electron chi connectivity index (χ4n) is 1.92. The maximum atomic E-state index is 11.8. The SMILES string of the molecule is CC(C)(C)C1=CCN(C(=O)C(C)(C)O)CC1. The summed E-state index contributed by atoms with van der Waals surface area (Å²) in [5.74, 6) is -0.184. The lowest BCUT2D eigenvalue weighted by atomic mass is 9.83. The van der Waals surface area contributed by atoms with E-state index in [9.17, 15) is 9.90 Å². The third-order valence-electron chi connectivity index (χ3n) is 2.98. The Balaban J connectivity index is 2.69. The minimum absolute atomic E-state index is 0.184. The number of nitrogens with zero attached hydrogens (tertiary/aromatic N) is 1. The predicted molar refractivity (Wildman–Crippen MR) is 65.0 cm³/mol. The zero-order chi connectivity index (χ0) is 12.6. The molecular formula is C13H23NO2. The highest BCUT2D eigenvalue weighted by Gasteiger charge is 2.31. The van der Waals surface area contributed by atoms with Crippen molar-refractivity contribution < 1.29 is 9.90 Å². The van der Waals surface area contributed by atoms with Crippen LogP contribution in [0.1, 0.15) is 41.0 Å². The molecule has 0 saturated carbocycles. The number of carbonyl (C=O) groups is 1. The average Bonchev–Trinajstić information content (AvgIpc) is 2.14. The summed E-state index contributed by atoms with van der Waals surface area (Å²) in [6, 6.07) is 0. The van der Waals surface area contributed by atoms with E-state index in [-0.39, 0.29) is 11.3 Å². The van der Waals surface area contributed by atoms with Crippen molar-refractivity contribution in [3.63, 3.8) is 0 Å². The molecular weight excluding hydrogens is 202 g/mol. The first-order chi connectivity index (χ1) is 7.12. The molecule has 1 amide bonds. The Hall–Kier alpha value is -0.830. The van der Waals surface area contributed by atoms with Crippen LogP contribution < -0.4 is 0 Å². The van der Waals surface area contributed by atoms with Gasteiger partial charge in [0, 0.05) is 13.1 Å². The van der Waals surface area contributed by atoms with Gasteiger partial charge in [0.2, 0.25) is 0 Å². The lowest BCUT2D eigenvalue weighted by Gasteiger charge is -2.34. The maximum absolute atomic E-state index is 11.8. The van der Waals surface area contributed by atoms with Gasteiger partial charge in [-0.3, -0.25) is 4.79 Å². The quantitative estimate of drug-likeness (QED) is 0.693. The summed E-state index contributed by atoms with van der Waals surface area (Å²) in [5.41, 5.74) is 0.323. The Labute approximate surface area is 98.1 Å². The van der Waals surface area contributed by atoms with E-state index in [1.165, 1.54) is 5.57 Å². The van der Waals surface area contributed by atoms with E-state index < -0.39 is 5.60 Å². The molecule has 0 aromatic heterocycles. The van der Waals surface area contributed by atoms with E-state index in [1.807, 2.05) is 0 Å². The van der Waals surface area contributed by atoms with Crippen molar-refractivity contribution in [1.82, 2.24) is 4.90 Å². The first-order valence-corrected chi connectivity index (χ1v) is 5.83. The van der Waals surface area contributed by atoms with Crippen molar-refractivity contribution >= 4 is 5.91 Å². The monoisotopic (exact) mass is 225 g/mol. The highest BCUT2D eigenvalue weighted by molar-refractivity contribution is 5.84. The molecule has 0 atom stereocenters. The van der Waals surface area contributed by atoms with Crippen molar-refractivity contribution in [3.05, 3.63) is 11.6 Å². The first kappa shape index (κ1) is 13.2. The van der Waals surface area contributed by atoms with Crippen LogP contribution in [0.15, 0.2) is 11.6 Å². The molecule has 0 aromatic rings. The Bertz CT molecular complexity index is 305. The molecule has 0 fully saturated rings. The molecule has 0 unspecified atom stereocenters. The Kier molecular flexibility index (Phi) is 3.48. The van der Waals surface area contributed by atoms with Crippen molar-refractivity contribution in [1.29, 1.82) is 0 Å². The minimum atomic E-state index is -1.26. The van der Waals surface area contributed by atoms with Crippen LogP contribution in [0.2, 0.25) is 0 Å². The van der Waals surface area contributed by atoms with Crippen molar-refractivity contribution in [2.24, 2.45) is 5.41 Å². The van der Waals surface area contributed by atoms with Crippen LogP contribution in [0.25, 0.3) is 0 Å². The summed E-state index contributed by atoms with van der Waals surface area (Å²) < 4.78 is 0. The number of aliphatic hydroxyl groups is 1. The highest BCUT2D eigenvalue weighted by Crippen LogP contribution is 2.30. The van der Waals surface area contributed by atoms with Gasteiger partial charge in [-0.2, -0.15) is 0 Å². The van der Waals surface area contributed by atoms with Gasteiger partial charge >= 0.3 is 0 Å². The molecule has 0 spiro atoms. The standard InChI is InChI=1S/C13H23NO2/c1-12(2,3)10-6-8-14(9-7-10)11(15)13(4,5)16/h6,16H,7-9H2,1-5H3. The fourth-order valence-corrected chi connectivity index (χ4v) is 1.92. The number of amides is 1. The Morgan fingerprint density at radius 1 is 1.31 bits per heavy atom. The topological polar surface area (TPSA) is 40.5 Å². The molecule has 1 aliphatic heterocycles. The molecule has 1 aliphatic rings. The van der Waals surface area contributed by atoms with Gasteiger partial charge in [0.25, 0.3) is 5.91 Å². The molecule has 1 N–H and O–H groups in total. The summed E-state index contributed by atoms with van der Waals surface area (Å²) in [5, 5.41) is 9.65. The van der Waals surface area contributed by atoms with Gasteiger partial charge < -0.3 is 10.0 Å². The molecule has 3 nitrogen and oxygen atoms in total. The van der Waals surface area contributed by atoms with E-state index in [4.69, 9.17) is 0 Å². The van der Waals surface area contributed by atoms with Crippen LogP contribution in [0.5, 0.6) is 0 Å². The van der Waals surface area contributed by atoms with E-state index >= 15 is 0 Å². The van der Waals surface area contributed by atoms with Crippen molar-refractivity contribution in [3.8, 4) is 0 Å². The second-order valence-electron chi connectivity index (χ2n) is 6.04.